The number of hydrogen-bond acceptors (Lipinski definition) is 8. The summed E-state index contributed by atoms with van der Waals surface area (Å²) in [6, 6.07) is -0.734. The average molecular weight is 884 g/mol. The number of ether oxygens (including phenoxy) is 2. The Morgan fingerprint density at radius 1 is 0.556 bits per heavy atom. The molecular formula is C54H93NO8. The lowest BCUT2D eigenvalue weighted by Crippen LogP contribution is -2.60. The predicted molar refractivity (Wildman–Crippen MR) is 262 cm³/mol. The molecule has 1 fully saturated rings. The van der Waals surface area contributed by atoms with Gasteiger partial charge in [0.05, 0.1) is 25.4 Å². The van der Waals surface area contributed by atoms with E-state index >= 15 is 0 Å². The van der Waals surface area contributed by atoms with Gasteiger partial charge in [0.1, 0.15) is 24.4 Å². The van der Waals surface area contributed by atoms with Crippen LogP contribution in [0.25, 0.3) is 0 Å². The number of carbonyl (C=O) groups excluding carboxylic acids is 1. The smallest absolute Gasteiger partial charge is 0.220 e. The van der Waals surface area contributed by atoms with Gasteiger partial charge in [0.15, 0.2) is 6.29 Å². The SMILES string of the molecule is CC/C=C\C/C=C\C/C=C\C/C=C\C/C=C\C/C=C\C/C=C\CCCCCCCC(=O)NC(COC1OC(CO)C(O)C(O)C1O)C(O)CCCCCCCCCCCCCCC. The van der Waals surface area contributed by atoms with Crippen molar-refractivity contribution >= 4 is 5.91 Å². The maximum atomic E-state index is 13.0. The molecule has 6 N–H and O–H groups in total. The Labute approximate surface area is 384 Å². The Kier molecular flexibility index (Phi) is 40.1. The first-order valence-electron chi connectivity index (χ1n) is 25.3. The molecule has 1 aliphatic rings. The molecule has 0 saturated carbocycles. The average Bonchev–Trinajstić information content (AvgIpc) is 3.28. The van der Waals surface area contributed by atoms with E-state index in [2.05, 4.69) is 104 Å². The predicted octanol–water partition coefficient (Wildman–Crippen LogP) is 11.5. The van der Waals surface area contributed by atoms with E-state index in [-0.39, 0.29) is 12.5 Å². The van der Waals surface area contributed by atoms with Gasteiger partial charge in [-0.1, -0.05) is 202 Å². The second-order valence-electron chi connectivity index (χ2n) is 17.2. The van der Waals surface area contributed by atoms with Gasteiger partial charge in [0.25, 0.3) is 0 Å². The summed E-state index contributed by atoms with van der Waals surface area (Å²) in [6.45, 7) is 3.69. The summed E-state index contributed by atoms with van der Waals surface area (Å²) in [7, 11) is 0. The summed E-state index contributed by atoms with van der Waals surface area (Å²) in [5, 5.41) is 54.4. The number of rotatable bonds is 41. The minimum atomic E-state index is -1.56. The van der Waals surface area contributed by atoms with Crippen LogP contribution in [0.2, 0.25) is 0 Å². The van der Waals surface area contributed by atoms with Crippen molar-refractivity contribution < 1.29 is 39.8 Å². The number of hydrogen-bond donors (Lipinski definition) is 6. The Morgan fingerprint density at radius 2 is 0.984 bits per heavy atom. The van der Waals surface area contributed by atoms with Gasteiger partial charge < -0.3 is 40.3 Å². The third kappa shape index (κ3) is 33.5. The summed E-state index contributed by atoms with van der Waals surface area (Å²) in [5.74, 6) is -0.167. The summed E-state index contributed by atoms with van der Waals surface area (Å²) in [4.78, 5) is 13.0. The van der Waals surface area contributed by atoms with Crippen LogP contribution in [0.3, 0.4) is 0 Å². The molecule has 63 heavy (non-hydrogen) atoms. The second-order valence-corrected chi connectivity index (χ2v) is 17.2. The third-order valence-corrected chi connectivity index (χ3v) is 11.5. The highest BCUT2D eigenvalue weighted by atomic mass is 16.7. The van der Waals surface area contributed by atoms with Crippen molar-refractivity contribution in [3.8, 4) is 0 Å². The topological polar surface area (TPSA) is 149 Å². The Balaban J connectivity index is 2.28. The monoisotopic (exact) mass is 884 g/mol. The van der Waals surface area contributed by atoms with E-state index in [0.717, 1.165) is 103 Å². The molecule has 0 bridgehead atoms. The van der Waals surface area contributed by atoms with E-state index in [4.69, 9.17) is 9.47 Å². The van der Waals surface area contributed by atoms with Gasteiger partial charge in [0, 0.05) is 6.42 Å². The van der Waals surface area contributed by atoms with Crippen LogP contribution in [0.15, 0.2) is 85.1 Å². The van der Waals surface area contributed by atoms with Gasteiger partial charge in [-0.05, 0) is 70.6 Å². The highest BCUT2D eigenvalue weighted by Gasteiger charge is 2.44. The van der Waals surface area contributed by atoms with Crippen molar-refractivity contribution in [2.45, 2.75) is 236 Å². The largest absolute Gasteiger partial charge is 0.394 e. The molecule has 7 atom stereocenters. The molecule has 9 nitrogen and oxygen atoms in total. The first-order chi connectivity index (χ1) is 30.8. The molecule has 1 amide bonds. The molecule has 9 heteroatoms. The Morgan fingerprint density at radius 3 is 1.46 bits per heavy atom. The van der Waals surface area contributed by atoms with E-state index in [1.165, 1.54) is 64.2 Å². The first kappa shape index (κ1) is 58.4. The molecule has 1 heterocycles. The van der Waals surface area contributed by atoms with Crippen LogP contribution < -0.4 is 5.32 Å². The molecule has 1 saturated heterocycles. The second kappa shape index (κ2) is 43.3. The van der Waals surface area contributed by atoms with E-state index in [0.29, 0.717) is 12.8 Å². The van der Waals surface area contributed by atoms with Crippen LogP contribution in [-0.2, 0) is 14.3 Å². The number of aliphatic hydroxyl groups is 5. The zero-order valence-electron chi connectivity index (χ0n) is 39.8. The molecule has 0 spiro atoms. The molecule has 1 aliphatic heterocycles. The van der Waals surface area contributed by atoms with Crippen molar-refractivity contribution in [1.82, 2.24) is 5.32 Å². The third-order valence-electron chi connectivity index (χ3n) is 11.5. The molecule has 0 aromatic heterocycles. The maximum absolute atomic E-state index is 13.0. The number of aliphatic hydroxyl groups excluding tert-OH is 5. The Hall–Kier alpha value is -2.63. The highest BCUT2D eigenvalue weighted by molar-refractivity contribution is 5.76. The lowest BCUT2D eigenvalue weighted by atomic mass is 9.99. The zero-order chi connectivity index (χ0) is 45.9. The van der Waals surface area contributed by atoms with Crippen molar-refractivity contribution in [3.05, 3.63) is 85.1 Å². The molecular weight excluding hydrogens is 791 g/mol. The van der Waals surface area contributed by atoms with Gasteiger partial charge in [-0.2, -0.15) is 0 Å². The van der Waals surface area contributed by atoms with E-state index in [9.17, 15) is 30.3 Å². The van der Waals surface area contributed by atoms with Gasteiger partial charge in [-0.25, -0.2) is 0 Å². The summed E-state index contributed by atoms with van der Waals surface area (Å²) in [5.41, 5.74) is 0. The van der Waals surface area contributed by atoms with Crippen LogP contribution in [-0.4, -0.2) is 87.5 Å². The molecule has 7 unspecified atom stereocenters. The summed E-state index contributed by atoms with van der Waals surface area (Å²) in [6.07, 6.45) is 53.0. The van der Waals surface area contributed by atoms with E-state index < -0.39 is 49.5 Å². The fraction of sp³-hybridized carbons (Fsp3) is 0.722. The van der Waals surface area contributed by atoms with Crippen LogP contribution in [0.5, 0.6) is 0 Å². The lowest BCUT2D eigenvalue weighted by Gasteiger charge is -2.40. The van der Waals surface area contributed by atoms with Gasteiger partial charge in [-0.15, -0.1) is 0 Å². The van der Waals surface area contributed by atoms with Crippen LogP contribution >= 0.6 is 0 Å². The number of amides is 1. The minimum absolute atomic E-state index is 0.151. The van der Waals surface area contributed by atoms with Crippen LogP contribution in [0, 0.1) is 0 Å². The summed E-state index contributed by atoms with van der Waals surface area (Å²) >= 11 is 0. The molecule has 0 aromatic carbocycles. The normalized spacial score (nSPS) is 20.9. The molecule has 1 rings (SSSR count). The van der Waals surface area contributed by atoms with Gasteiger partial charge >= 0.3 is 0 Å². The maximum Gasteiger partial charge on any atom is 0.220 e. The van der Waals surface area contributed by atoms with E-state index in [1.807, 2.05) is 0 Å². The minimum Gasteiger partial charge on any atom is -0.394 e. The zero-order valence-corrected chi connectivity index (χ0v) is 39.8. The number of allylic oxidation sites excluding steroid dienone is 14. The standard InChI is InChI=1S/C54H93NO8/c1-3-5-7-9-11-13-15-17-18-19-20-21-22-23-24-25-26-27-28-29-30-32-34-36-38-40-42-44-50(58)55-47(46-62-54-53(61)52(60)51(59)49(45-56)63-54)48(57)43-41-39-37-35-33-31-16-14-12-10-8-6-4-2/h5,7,11,13,17-18,20-21,23-24,26-27,29-30,47-49,51-54,56-57,59-61H,3-4,6,8-10,12,14-16,19,22,25,28,31-46H2,1-2H3,(H,55,58)/b7-5-,13-11-,18-17-,21-20-,24-23-,27-26-,30-29-. The molecule has 0 aliphatic carbocycles. The van der Waals surface area contributed by atoms with Crippen LogP contribution in [0.1, 0.15) is 194 Å². The quantitative estimate of drug-likeness (QED) is 0.0263. The van der Waals surface area contributed by atoms with Crippen molar-refractivity contribution in [2.24, 2.45) is 0 Å². The highest BCUT2D eigenvalue weighted by Crippen LogP contribution is 2.23. The van der Waals surface area contributed by atoms with Gasteiger partial charge in [0.2, 0.25) is 5.91 Å². The van der Waals surface area contributed by atoms with Crippen molar-refractivity contribution in [3.63, 3.8) is 0 Å². The van der Waals surface area contributed by atoms with E-state index in [1.54, 1.807) is 0 Å². The lowest BCUT2D eigenvalue weighted by molar-refractivity contribution is -0.302. The van der Waals surface area contributed by atoms with Crippen LogP contribution in [0.4, 0.5) is 0 Å². The Bertz CT molecular complexity index is 1260. The fourth-order valence-corrected chi connectivity index (χ4v) is 7.49. The first-order valence-corrected chi connectivity index (χ1v) is 25.3. The number of unbranched alkanes of at least 4 members (excludes halogenated alkanes) is 17. The molecule has 0 aromatic rings. The van der Waals surface area contributed by atoms with Gasteiger partial charge in [-0.3, -0.25) is 4.79 Å². The van der Waals surface area contributed by atoms with Crippen molar-refractivity contribution in [2.75, 3.05) is 13.2 Å². The molecule has 362 valence electrons. The number of nitrogens with one attached hydrogen (secondary N) is 1. The molecule has 0 radical (unpaired) electrons. The fourth-order valence-electron chi connectivity index (χ4n) is 7.49. The number of carbonyl (C=O) groups is 1. The summed E-state index contributed by atoms with van der Waals surface area (Å²) < 4.78 is 11.3. The van der Waals surface area contributed by atoms with Crippen molar-refractivity contribution in [1.29, 1.82) is 0 Å².